The van der Waals surface area contributed by atoms with E-state index < -0.39 is 11.5 Å². The van der Waals surface area contributed by atoms with Gasteiger partial charge in [0.2, 0.25) is 0 Å². The molecule has 0 spiro atoms. The van der Waals surface area contributed by atoms with Gasteiger partial charge in [0, 0.05) is 37.4 Å². The first-order chi connectivity index (χ1) is 10.1. The van der Waals surface area contributed by atoms with Crippen molar-refractivity contribution < 1.29 is 14.3 Å². The Morgan fingerprint density at radius 1 is 1.38 bits per heavy atom. The van der Waals surface area contributed by atoms with E-state index in [1.165, 1.54) is 6.07 Å². The van der Waals surface area contributed by atoms with Crippen LogP contribution in [0.1, 0.15) is 52.6 Å². The van der Waals surface area contributed by atoms with Crippen LogP contribution in [-0.2, 0) is 11.2 Å². The molecule has 0 radical (unpaired) electrons. The SMILES string of the molecule is CCOCCCNC(=O)c1cc2c([nH]c1=O)CCCC2=O. The number of hydrogen-bond acceptors (Lipinski definition) is 4. The molecule has 1 heterocycles. The standard InChI is InChI=1S/C15H20N2O4/c1-2-21-8-4-7-16-14(19)11-9-10-12(17-15(11)20)5-3-6-13(10)18/h9H,2-8H2,1H3,(H,16,19)(H,17,20). The Balaban J connectivity index is 2.05. The largest absolute Gasteiger partial charge is 0.382 e. The number of carbonyl (C=O) groups is 2. The van der Waals surface area contributed by atoms with Crippen molar-refractivity contribution in [3.63, 3.8) is 0 Å². The molecule has 1 aliphatic carbocycles. The molecule has 114 valence electrons. The highest BCUT2D eigenvalue weighted by atomic mass is 16.5. The summed E-state index contributed by atoms with van der Waals surface area (Å²) in [5, 5.41) is 2.67. The molecule has 21 heavy (non-hydrogen) atoms. The van der Waals surface area contributed by atoms with E-state index in [0.717, 1.165) is 6.42 Å². The highest BCUT2D eigenvalue weighted by Gasteiger charge is 2.21. The Kier molecular flexibility index (Phi) is 5.27. The Bertz CT molecular complexity index is 592. The molecule has 0 aliphatic heterocycles. The van der Waals surface area contributed by atoms with E-state index in [0.29, 0.717) is 50.3 Å². The van der Waals surface area contributed by atoms with Crippen LogP contribution >= 0.6 is 0 Å². The third-order valence-corrected chi connectivity index (χ3v) is 3.45. The topological polar surface area (TPSA) is 88.3 Å². The van der Waals surface area contributed by atoms with Crippen LogP contribution in [0.15, 0.2) is 10.9 Å². The fraction of sp³-hybridized carbons (Fsp3) is 0.533. The lowest BCUT2D eigenvalue weighted by Crippen LogP contribution is -2.32. The summed E-state index contributed by atoms with van der Waals surface area (Å²) in [6, 6.07) is 1.42. The van der Waals surface area contributed by atoms with Gasteiger partial charge in [0.25, 0.3) is 11.5 Å². The minimum absolute atomic E-state index is 0.000380. The number of hydrogen-bond donors (Lipinski definition) is 2. The van der Waals surface area contributed by atoms with Gasteiger partial charge in [0.1, 0.15) is 5.56 Å². The maximum atomic E-state index is 12.0. The van der Waals surface area contributed by atoms with E-state index in [-0.39, 0.29) is 11.3 Å². The normalized spacial score (nSPS) is 13.9. The molecule has 2 N–H and O–H groups in total. The second kappa shape index (κ2) is 7.17. The molecule has 1 aliphatic rings. The summed E-state index contributed by atoms with van der Waals surface area (Å²) in [5.74, 6) is -0.466. The van der Waals surface area contributed by atoms with Crippen LogP contribution in [-0.4, -0.2) is 36.4 Å². The van der Waals surface area contributed by atoms with E-state index >= 15 is 0 Å². The number of amides is 1. The first-order valence-corrected chi connectivity index (χ1v) is 7.28. The average Bonchev–Trinajstić information content (AvgIpc) is 2.46. The summed E-state index contributed by atoms with van der Waals surface area (Å²) in [7, 11) is 0. The molecule has 0 bridgehead atoms. The number of pyridine rings is 1. The first kappa shape index (κ1) is 15.4. The Morgan fingerprint density at radius 3 is 2.95 bits per heavy atom. The predicted molar refractivity (Wildman–Crippen MR) is 77.8 cm³/mol. The Labute approximate surface area is 122 Å². The van der Waals surface area contributed by atoms with Crippen LogP contribution in [0.4, 0.5) is 0 Å². The maximum absolute atomic E-state index is 12.0. The van der Waals surface area contributed by atoms with Gasteiger partial charge < -0.3 is 15.0 Å². The number of aromatic nitrogens is 1. The number of aromatic amines is 1. The van der Waals surface area contributed by atoms with E-state index in [4.69, 9.17) is 4.74 Å². The highest BCUT2D eigenvalue weighted by molar-refractivity contribution is 6.01. The summed E-state index contributed by atoms with van der Waals surface area (Å²) in [6.07, 6.45) is 2.56. The lowest BCUT2D eigenvalue weighted by molar-refractivity contribution is 0.0942. The van der Waals surface area contributed by atoms with Crippen molar-refractivity contribution in [3.05, 3.63) is 33.2 Å². The summed E-state index contributed by atoms with van der Waals surface area (Å²) < 4.78 is 5.17. The summed E-state index contributed by atoms with van der Waals surface area (Å²) >= 11 is 0. The van der Waals surface area contributed by atoms with Crippen LogP contribution in [0.2, 0.25) is 0 Å². The molecule has 2 rings (SSSR count). The number of aryl methyl sites for hydroxylation is 1. The molecule has 0 fully saturated rings. The summed E-state index contributed by atoms with van der Waals surface area (Å²) in [4.78, 5) is 38.4. The van der Waals surface area contributed by atoms with Crippen molar-refractivity contribution in [2.24, 2.45) is 0 Å². The number of ketones is 1. The van der Waals surface area contributed by atoms with Crippen molar-refractivity contribution in [1.29, 1.82) is 0 Å². The maximum Gasteiger partial charge on any atom is 0.261 e. The molecule has 0 aromatic carbocycles. The fourth-order valence-corrected chi connectivity index (χ4v) is 2.36. The van der Waals surface area contributed by atoms with Crippen LogP contribution in [0.3, 0.4) is 0 Å². The zero-order chi connectivity index (χ0) is 15.2. The zero-order valence-corrected chi connectivity index (χ0v) is 12.2. The Hall–Kier alpha value is -1.95. The summed E-state index contributed by atoms with van der Waals surface area (Å²) in [5.41, 5.74) is 0.677. The van der Waals surface area contributed by atoms with Crippen molar-refractivity contribution in [1.82, 2.24) is 10.3 Å². The van der Waals surface area contributed by atoms with Gasteiger partial charge in [-0.25, -0.2) is 0 Å². The number of fused-ring (bicyclic) bond motifs is 1. The first-order valence-electron chi connectivity index (χ1n) is 7.28. The van der Waals surface area contributed by atoms with Gasteiger partial charge >= 0.3 is 0 Å². The molecule has 0 saturated carbocycles. The number of rotatable bonds is 6. The molecule has 0 atom stereocenters. The van der Waals surface area contributed by atoms with Gasteiger partial charge in [-0.1, -0.05) is 0 Å². The monoisotopic (exact) mass is 292 g/mol. The van der Waals surface area contributed by atoms with Gasteiger partial charge in [-0.2, -0.15) is 0 Å². The Morgan fingerprint density at radius 2 is 2.19 bits per heavy atom. The smallest absolute Gasteiger partial charge is 0.261 e. The second-order valence-corrected chi connectivity index (χ2v) is 4.99. The second-order valence-electron chi connectivity index (χ2n) is 4.99. The minimum atomic E-state index is -0.450. The van der Waals surface area contributed by atoms with Crippen LogP contribution in [0.5, 0.6) is 0 Å². The van der Waals surface area contributed by atoms with Gasteiger partial charge in [0.15, 0.2) is 5.78 Å². The summed E-state index contributed by atoms with van der Waals surface area (Å²) in [6.45, 7) is 3.54. The van der Waals surface area contributed by atoms with Crippen molar-refractivity contribution in [2.45, 2.75) is 32.6 Å². The number of nitrogens with one attached hydrogen (secondary N) is 2. The molecule has 0 saturated heterocycles. The van der Waals surface area contributed by atoms with Crippen LogP contribution in [0.25, 0.3) is 0 Å². The van der Waals surface area contributed by atoms with Crippen molar-refractivity contribution in [3.8, 4) is 0 Å². The third kappa shape index (κ3) is 3.78. The molecule has 0 unspecified atom stereocenters. The van der Waals surface area contributed by atoms with Crippen LogP contribution in [0, 0.1) is 0 Å². The fourth-order valence-electron chi connectivity index (χ4n) is 2.36. The number of ether oxygens (including phenoxy) is 1. The molecular formula is C15H20N2O4. The van der Waals surface area contributed by atoms with Gasteiger partial charge in [-0.3, -0.25) is 14.4 Å². The van der Waals surface area contributed by atoms with E-state index in [2.05, 4.69) is 10.3 Å². The molecule has 6 nitrogen and oxygen atoms in total. The van der Waals surface area contributed by atoms with Gasteiger partial charge in [-0.15, -0.1) is 0 Å². The zero-order valence-electron chi connectivity index (χ0n) is 12.2. The molecular weight excluding hydrogens is 272 g/mol. The van der Waals surface area contributed by atoms with Gasteiger partial charge in [-0.05, 0) is 32.3 Å². The lowest BCUT2D eigenvalue weighted by atomic mass is 9.93. The van der Waals surface area contributed by atoms with E-state index in [9.17, 15) is 14.4 Å². The van der Waals surface area contributed by atoms with E-state index in [1.54, 1.807) is 0 Å². The average molecular weight is 292 g/mol. The molecule has 6 heteroatoms. The predicted octanol–water partition coefficient (Wildman–Crippen LogP) is 1.05. The van der Waals surface area contributed by atoms with Crippen molar-refractivity contribution >= 4 is 11.7 Å². The molecule has 1 aromatic rings. The van der Waals surface area contributed by atoms with Gasteiger partial charge in [0.05, 0.1) is 0 Å². The van der Waals surface area contributed by atoms with Crippen molar-refractivity contribution in [2.75, 3.05) is 19.8 Å². The lowest BCUT2D eigenvalue weighted by Gasteiger charge is -2.15. The number of H-pyrrole nitrogens is 1. The molecule has 1 aromatic heterocycles. The van der Waals surface area contributed by atoms with Crippen LogP contribution < -0.4 is 10.9 Å². The number of Topliss-reactive ketones (excluding diaryl/α,β-unsaturated/α-hetero) is 1. The molecule has 1 amide bonds. The van der Waals surface area contributed by atoms with E-state index in [1.807, 2.05) is 6.92 Å². The third-order valence-electron chi connectivity index (χ3n) is 3.45. The number of carbonyl (C=O) groups excluding carboxylic acids is 2. The quantitative estimate of drug-likeness (QED) is 0.767. The highest BCUT2D eigenvalue weighted by Crippen LogP contribution is 2.18. The minimum Gasteiger partial charge on any atom is -0.382 e.